The number of aryl methyl sites for hydroxylation is 1. The predicted octanol–water partition coefficient (Wildman–Crippen LogP) is 2.26. The number of carboxylic acids is 1. The molecule has 0 aliphatic carbocycles. The molecule has 0 atom stereocenters. The van der Waals surface area contributed by atoms with Crippen LogP contribution in [-0.2, 0) is 11.2 Å². The molecule has 6 heteroatoms. The Morgan fingerprint density at radius 1 is 1.45 bits per heavy atom. The summed E-state index contributed by atoms with van der Waals surface area (Å²) in [6.07, 6.45) is 4.66. The predicted molar refractivity (Wildman–Crippen MR) is 73.2 cm³/mol. The van der Waals surface area contributed by atoms with Gasteiger partial charge < -0.3 is 10.0 Å². The van der Waals surface area contributed by atoms with E-state index in [0.717, 1.165) is 25.9 Å². The van der Waals surface area contributed by atoms with Gasteiger partial charge in [-0.1, -0.05) is 6.92 Å². The first-order valence-electron chi connectivity index (χ1n) is 7.08. The summed E-state index contributed by atoms with van der Waals surface area (Å²) in [7, 11) is 0. The Morgan fingerprint density at radius 2 is 2.15 bits per heavy atom. The molecule has 0 amide bonds. The molecule has 1 saturated heterocycles. The SMILES string of the molecule is CCc1ncnc(N2CCC(CCC(=O)O)CC2)c1F. The van der Waals surface area contributed by atoms with Crippen molar-refractivity contribution in [2.24, 2.45) is 5.92 Å². The second-order valence-electron chi connectivity index (χ2n) is 5.17. The summed E-state index contributed by atoms with van der Waals surface area (Å²) < 4.78 is 14.2. The minimum absolute atomic E-state index is 0.215. The van der Waals surface area contributed by atoms with Crippen molar-refractivity contribution in [1.29, 1.82) is 0 Å². The molecule has 0 bridgehead atoms. The topological polar surface area (TPSA) is 66.3 Å². The van der Waals surface area contributed by atoms with Crippen LogP contribution in [0.5, 0.6) is 0 Å². The van der Waals surface area contributed by atoms with Crippen LogP contribution in [0.1, 0.15) is 38.3 Å². The number of hydrogen-bond donors (Lipinski definition) is 1. The van der Waals surface area contributed by atoms with E-state index in [1.165, 1.54) is 6.33 Å². The fourth-order valence-corrected chi connectivity index (χ4v) is 2.62. The smallest absolute Gasteiger partial charge is 0.303 e. The summed E-state index contributed by atoms with van der Waals surface area (Å²) in [4.78, 5) is 20.5. The number of halogens is 1. The molecule has 110 valence electrons. The van der Waals surface area contributed by atoms with Crippen molar-refractivity contribution in [1.82, 2.24) is 9.97 Å². The van der Waals surface area contributed by atoms with Crippen LogP contribution >= 0.6 is 0 Å². The average Bonchev–Trinajstić information content (AvgIpc) is 2.46. The van der Waals surface area contributed by atoms with Gasteiger partial charge in [-0.05, 0) is 31.6 Å². The van der Waals surface area contributed by atoms with E-state index < -0.39 is 5.97 Å². The van der Waals surface area contributed by atoms with E-state index in [4.69, 9.17) is 5.11 Å². The van der Waals surface area contributed by atoms with E-state index in [2.05, 4.69) is 9.97 Å². The zero-order chi connectivity index (χ0) is 14.5. The maximum Gasteiger partial charge on any atom is 0.303 e. The summed E-state index contributed by atoms with van der Waals surface area (Å²) in [6, 6.07) is 0. The highest BCUT2D eigenvalue weighted by Crippen LogP contribution is 2.27. The molecule has 0 aromatic carbocycles. The number of nitrogens with zero attached hydrogens (tertiary/aromatic N) is 3. The normalized spacial score (nSPS) is 16.4. The zero-order valence-corrected chi connectivity index (χ0v) is 11.7. The maximum atomic E-state index is 14.2. The van der Waals surface area contributed by atoms with Crippen LogP contribution in [0.15, 0.2) is 6.33 Å². The largest absolute Gasteiger partial charge is 0.481 e. The Labute approximate surface area is 117 Å². The number of carbonyl (C=O) groups is 1. The molecule has 1 fully saturated rings. The number of rotatable bonds is 5. The van der Waals surface area contributed by atoms with Crippen molar-refractivity contribution in [3.05, 3.63) is 17.8 Å². The van der Waals surface area contributed by atoms with Gasteiger partial charge in [0.2, 0.25) is 0 Å². The van der Waals surface area contributed by atoms with E-state index in [1.54, 1.807) is 0 Å². The Bertz CT molecular complexity index is 473. The Balaban J connectivity index is 1.95. The lowest BCUT2D eigenvalue weighted by molar-refractivity contribution is -0.137. The molecule has 2 heterocycles. The van der Waals surface area contributed by atoms with Crippen molar-refractivity contribution in [3.8, 4) is 0 Å². The molecule has 1 aromatic heterocycles. The standard InChI is InChI=1S/C14H20FN3O2/c1-2-11-13(15)14(17-9-16-11)18-7-5-10(6-8-18)3-4-12(19)20/h9-10H,2-8H2,1H3,(H,19,20). The summed E-state index contributed by atoms with van der Waals surface area (Å²) in [5.41, 5.74) is 0.447. The first-order chi connectivity index (χ1) is 9.61. The van der Waals surface area contributed by atoms with E-state index in [0.29, 0.717) is 30.3 Å². The van der Waals surface area contributed by atoms with Gasteiger partial charge in [-0.2, -0.15) is 0 Å². The lowest BCUT2D eigenvalue weighted by Crippen LogP contribution is -2.35. The van der Waals surface area contributed by atoms with Gasteiger partial charge >= 0.3 is 5.97 Å². The summed E-state index contributed by atoms with van der Waals surface area (Å²) in [5, 5.41) is 8.69. The molecule has 0 spiro atoms. The molecule has 1 N–H and O–H groups in total. The lowest BCUT2D eigenvalue weighted by Gasteiger charge is -2.32. The highest BCUT2D eigenvalue weighted by Gasteiger charge is 2.23. The number of aromatic nitrogens is 2. The fourth-order valence-electron chi connectivity index (χ4n) is 2.62. The van der Waals surface area contributed by atoms with Crippen LogP contribution in [0.25, 0.3) is 0 Å². The van der Waals surface area contributed by atoms with Crippen molar-refractivity contribution in [2.75, 3.05) is 18.0 Å². The molecule has 5 nitrogen and oxygen atoms in total. The van der Waals surface area contributed by atoms with Crippen molar-refractivity contribution in [3.63, 3.8) is 0 Å². The third kappa shape index (κ3) is 3.43. The maximum absolute atomic E-state index is 14.2. The molecule has 0 radical (unpaired) electrons. The van der Waals surface area contributed by atoms with Crippen LogP contribution < -0.4 is 4.90 Å². The van der Waals surface area contributed by atoms with E-state index in [1.807, 2.05) is 11.8 Å². The molecule has 1 aliphatic rings. The van der Waals surface area contributed by atoms with Crippen LogP contribution in [0, 0.1) is 11.7 Å². The summed E-state index contributed by atoms with van der Waals surface area (Å²) in [6.45, 7) is 3.32. The van der Waals surface area contributed by atoms with Gasteiger partial charge in [0.05, 0.1) is 5.69 Å². The van der Waals surface area contributed by atoms with E-state index in [9.17, 15) is 9.18 Å². The molecule has 2 rings (SSSR count). The molecular weight excluding hydrogens is 261 g/mol. The van der Waals surface area contributed by atoms with Gasteiger partial charge in [0.25, 0.3) is 0 Å². The van der Waals surface area contributed by atoms with Gasteiger partial charge in [-0.25, -0.2) is 14.4 Å². The first-order valence-corrected chi connectivity index (χ1v) is 7.08. The van der Waals surface area contributed by atoms with E-state index in [-0.39, 0.29) is 12.2 Å². The number of anilines is 1. The Hall–Kier alpha value is -1.72. The van der Waals surface area contributed by atoms with Gasteiger partial charge in [0, 0.05) is 19.5 Å². The minimum atomic E-state index is -0.748. The van der Waals surface area contributed by atoms with Crippen LogP contribution in [0.2, 0.25) is 0 Å². The van der Waals surface area contributed by atoms with Crippen molar-refractivity contribution >= 4 is 11.8 Å². The molecule has 0 unspecified atom stereocenters. The van der Waals surface area contributed by atoms with Gasteiger partial charge in [0.1, 0.15) is 6.33 Å². The zero-order valence-electron chi connectivity index (χ0n) is 11.7. The Kier molecular flexibility index (Phi) is 4.87. The minimum Gasteiger partial charge on any atom is -0.481 e. The number of carboxylic acid groups (broad SMARTS) is 1. The van der Waals surface area contributed by atoms with E-state index >= 15 is 0 Å². The summed E-state index contributed by atoms with van der Waals surface area (Å²) >= 11 is 0. The summed E-state index contributed by atoms with van der Waals surface area (Å²) in [5.74, 6) is -0.271. The second-order valence-corrected chi connectivity index (χ2v) is 5.17. The highest BCUT2D eigenvalue weighted by molar-refractivity contribution is 5.66. The van der Waals surface area contributed by atoms with Gasteiger partial charge in [-0.3, -0.25) is 4.79 Å². The number of hydrogen-bond acceptors (Lipinski definition) is 4. The quantitative estimate of drug-likeness (QED) is 0.896. The number of piperidine rings is 1. The fraction of sp³-hybridized carbons (Fsp3) is 0.643. The third-order valence-corrected chi connectivity index (χ3v) is 3.86. The van der Waals surface area contributed by atoms with Gasteiger partial charge in [-0.15, -0.1) is 0 Å². The highest BCUT2D eigenvalue weighted by atomic mass is 19.1. The molecule has 0 saturated carbocycles. The van der Waals surface area contributed by atoms with Crippen molar-refractivity contribution < 1.29 is 14.3 Å². The van der Waals surface area contributed by atoms with Gasteiger partial charge in [0.15, 0.2) is 11.6 Å². The molecule has 1 aliphatic heterocycles. The van der Waals surface area contributed by atoms with Crippen LogP contribution in [-0.4, -0.2) is 34.1 Å². The Morgan fingerprint density at radius 3 is 2.75 bits per heavy atom. The monoisotopic (exact) mass is 281 g/mol. The average molecular weight is 281 g/mol. The third-order valence-electron chi connectivity index (χ3n) is 3.86. The first kappa shape index (κ1) is 14.7. The second kappa shape index (κ2) is 6.63. The van der Waals surface area contributed by atoms with Crippen LogP contribution in [0.3, 0.4) is 0 Å². The lowest BCUT2D eigenvalue weighted by atomic mass is 9.92. The van der Waals surface area contributed by atoms with Crippen LogP contribution in [0.4, 0.5) is 10.2 Å². The molecule has 1 aromatic rings. The molecule has 20 heavy (non-hydrogen) atoms. The van der Waals surface area contributed by atoms with Crippen molar-refractivity contribution in [2.45, 2.75) is 39.0 Å². The number of aliphatic carboxylic acids is 1. The molecular formula is C14H20FN3O2.